The topological polar surface area (TPSA) is 208 Å². The molecular weight excluding hydrogens is 970 g/mol. The summed E-state index contributed by atoms with van der Waals surface area (Å²) in [5, 5.41) is 16.2. The zero-order valence-corrected chi connectivity index (χ0v) is 36.7. The first-order valence-electron chi connectivity index (χ1n) is 17.7. The molecule has 6 aromatic rings. The van der Waals surface area contributed by atoms with Crippen LogP contribution in [0, 0.1) is 0 Å². The number of Topliss-reactive ketones (excluding diaryl/α,β-unsaturated/α-hetero) is 1. The van der Waals surface area contributed by atoms with Crippen molar-refractivity contribution in [1.29, 1.82) is 0 Å². The number of alkyl halides is 5. The minimum absolute atomic E-state index is 0. The molecule has 8 rings (SSSR count). The van der Waals surface area contributed by atoms with E-state index in [9.17, 15) is 52.7 Å². The van der Waals surface area contributed by atoms with Gasteiger partial charge in [0.1, 0.15) is 21.2 Å². The van der Waals surface area contributed by atoms with E-state index >= 15 is 0 Å². The molecule has 4 aromatic carbocycles. The van der Waals surface area contributed by atoms with Crippen molar-refractivity contribution in [2.24, 2.45) is 20.5 Å². The van der Waals surface area contributed by atoms with Gasteiger partial charge in [-0.2, -0.15) is 38.8 Å². The SMILES string of the molecule is CC(=O)c1ccc2nc(N=Nc3cc4c(cc3S(=O)(=O)O)N(C(F)F)CC4)sc2c1.CCN1CCc2cc(N=Nc3nc4ccc(SC(F)(F)F)cc4s3)c(S(=O)(=O)O)cc21.[Ni]. The molecule has 2 aliphatic heterocycles. The molecule has 0 atom stereocenters. The average Bonchev–Trinajstić information content (AvgIpc) is 3.97. The molecule has 0 fully saturated rings. The third-order valence-electron chi connectivity index (χ3n) is 9.27. The number of thioether (sulfide) groups is 1. The number of anilines is 2. The summed E-state index contributed by atoms with van der Waals surface area (Å²) in [4.78, 5) is 21.8. The molecule has 0 bridgehead atoms. The first-order valence-corrected chi connectivity index (χ1v) is 23.0. The van der Waals surface area contributed by atoms with Crippen LogP contribution in [0.2, 0.25) is 0 Å². The van der Waals surface area contributed by atoms with Crippen molar-refractivity contribution in [3.63, 3.8) is 0 Å². The molecule has 26 heteroatoms. The van der Waals surface area contributed by atoms with Gasteiger partial charge in [0.15, 0.2) is 5.78 Å². The fourth-order valence-corrected chi connectivity index (χ4v) is 10.1. The van der Waals surface area contributed by atoms with E-state index in [0.29, 0.717) is 44.5 Å². The number of fused-ring (bicyclic) bond motifs is 4. The van der Waals surface area contributed by atoms with Crippen molar-refractivity contribution in [1.82, 2.24) is 9.97 Å². The molecular formula is C36H29F5N8NiO7S5. The van der Waals surface area contributed by atoms with Crippen LogP contribution in [-0.4, -0.2) is 73.4 Å². The predicted octanol–water partition coefficient (Wildman–Crippen LogP) is 10.7. The summed E-state index contributed by atoms with van der Waals surface area (Å²) in [6, 6.07) is 14.4. The summed E-state index contributed by atoms with van der Waals surface area (Å²) < 4.78 is 132. The second kappa shape index (κ2) is 18.3. The number of benzene rings is 4. The smallest absolute Gasteiger partial charge is 0.371 e. The zero-order valence-electron chi connectivity index (χ0n) is 31.6. The fourth-order valence-electron chi connectivity index (χ4n) is 6.50. The zero-order chi connectivity index (χ0) is 44.0. The van der Waals surface area contributed by atoms with Gasteiger partial charge in [-0.05, 0) is 110 Å². The van der Waals surface area contributed by atoms with Crippen molar-refractivity contribution in [3.8, 4) is 0 Å². The number of likely N-dealkylation sites (N-methyl/N-ethyl adjacent to an activating group) is 1. The number of hydrogen-bond acceptors (Lipinski definition) is 16. The van der Waals surface area contributed by atoms with E-state index in [4.69, 9.17) is 0 Å². The second-order valence-electron chi connectivity index (χ2n) is 13.2. The molecule has 0 radical (unpaired) electrons. The normalized spacial score (nSPS) is 14.2. The van der Waals surface area contributed by atoms with Crippen molar-refractivity contribution in [2.45, 2.75) is 53.4 Å². The maximum absolute atomic E-state index is 13.1. The van der Waals surface area contributed by atoms with Gasteiger partial charge in [0, 0.05) is 58.0 Å². The third-order valence-corrected chi connectivity index (χ3v) is 13.6. The van der Waals surface area contributed by atoms with Crippen LogP contribution in [0.1, 0.15) is 35.3 Å². The molecule has 4 heterocycles. The number of azo groups is 2. The first-order chi connectivity index (χ1) is 28.7. The van der Waals surface area contributed by atoms with E-state index in [0.717, 1.165) is 51.4 Å². The van der Waals surface area contributed by atoms with Gasteiger partial charge in [-0.1, -0.05) is 22.7 Å². The summed E-state index contributed by atoms with van der Waals surface area (Å²) >= 11 is 1.95. The average molecular weight is 1000 g/mol. The van der Waals surface area contributed by atoms with Crippen LogP contribution < -0.4 is 9.80 Å². The van der Waals surface area contributed by atoms with Crippen molar-refractivity contribution < 1.29 is 69.2 Å². The van der Waals surface area contributed by atoms with Crippen molar-refractivity contribution in [2.75, 3.05) is 29.4 Å². The monoisotopic (exact) mass is 998 g/mol. The number of hydrogen-bond donors (Lipinski definition) is 2. The molecule has 0 aliphatic carbocycles. The van der Waals surface area contributed by atoms with Crippen LogP contribution in [0.15, 0.2) is 95.8 Å². The molecule has 0 spiro atoms. The quantitative estimate of drug-likeness (QED) is 0.0250. The molecule has 2 aromatic heterocycles. The van der Waals surface area contributed by atoms with E-state index in [1.54, 1.807) is 24.3 Å². The Kier molecular flexibility index (Phi) is 13.8. The van der Waals surface area contributed by atoms with Gasteiger partial charge in [0.2, 0.25) is 10.3 Å². The van der Waals surface area contributed by atoms with Gasteiger partial charge in [-0.3, -0.25) is 13.9 Å². The van der Waals surface area contributed by atoms with Crippen molar-refractivity contribution in [3.05, 3.63) is 77.4 Å². The van der Waals surface area contributed by atoms with Crippen LogP contribution in [0.3, 0.4) is 0 Å². The van der Waals surface area contributed by atoms with Gasteiger partial charge >= 0.3 is 12.1 Å². The molecule has 0 unspecified atom stereocenters. The number of carbonyl (C=O) groups excluding carboxylic acids is 1. The maximum Gasteiger partial charge on any atom is 0.446 e. The first kappa shape index (κ1) is 46.9. The number of thiazole rings is 2. The molecule has 62 heavy (non-hydrogen) atoms. The van der Waals surface area contributed by atoms with E-state index in [-0.39, 0.29) is 84.1 Å². The van der Waals surface area contributed by atoms with Gasteiger partial charge < -0.3 is 9.80 Å². The fraction of sp³-hybridized carbons (Fsp3) is 0.250. The number of ketones is 1. The van der Waals surface area contributed by atoms with Gasteiger partial charge in [-0.15, -0.1) is 20.5 Å². The predicted molar refractivity (Wildman–Crippen MR) is 221 cm³/mol. The largest absolute Gasteiger partial charge is 0.446 e. The number of nitrogens with zero attached hydrogens (tertiary/aromatic N) is 8. The second-order valence-corrected chi connectivity index (χ2v) is 19.1. The molecule has 0 amide bonds. The molecule has 15 nitrogen and oxygen atoms in total. The van der Waals surface area contributed by atoms with Gasteiger partial charge in [0.05, 0.1) is 20.4 Å². The summed E-state index contributed by atoms with van der Waals surface area (Å²) in [7, 11) is -9.27. The van der Waals surface area contributed by atoms with E-state index in [1.165, 1.54) is 37.3 Å². The Morgan fingerprint density at radius 3 is 1.82 bits per heavy atom. The Labute approximate surface area is 371 Å². The number of aromatic nitrogens is 2. The summed E-state index contributed by atoms with van der Waals surface area (Å²) in [5.74, 6) is -0.0951. The van der Waals surface area contributed by atoms with E-state index < -0.39 is 37.2 Å². The Morgan fingerprint density at radius 1 is 0.790 bits per heavy atom. The standard InChI is InChI=1S/C18H15F3N4O3S3.C18H14F2N4O4S2.Ni/c1-2-25-6-5-10-7-13(16(9-14(10)25)31(26,27)28)23-24-17-22-12-4-3-11(8-15(12)29-17)30-18(19,20)21;1-9(25)10-2-3-12-15(7-10)29-18(21-12)23-22-13-6-11-4-5-24(17(19)20)14(11)8-16(13)30(26,27)28;/h3-4,7-9H,2,5-6H2,1H3,(H,26,27,28);2-3,6-8,17H,4-5H2,1H3,(H,26,27,28);. The van der Waals surface area contributed by atoms with Gasteiger partial charge in [0.25, 0.3) is 20.2 Å². The van der Waals surface area contributed by atoms with Crippen molar-refractivity contribution >= 4 is 114 Å². The molecule has 0 saturated heterocycles. The number of rotatable bonds is 10. The Morgan fingerprint density at radius 2 is 1.31 bits per heavy atom. The van der Waals surface area contributed by atoms with Crippen LogP contribution in [0.25, 0.3) is 20.4 Å². The summed E-state index contributed by atoms with van der Waals surface area (Å²) in [6.07, 6.45) is 0.987. The minimum Gasteiger partial charge on any atom is -0.371 e. The maximum atomic E-state index is 13.1. The Hall–Kier alpha value is -4.56. The van der Waals surface area contributed by atoms with Crippen LogP contribution in [0.4, 0.5) is 55.0 Å². The van der Waals surface area contributed by atoms with Crippen LogP contribution in [0.5, 0.6) is 0 Å². The number of carbonyl (C=O) groups is 1. The Bertz CT molecular complexity index is 3000. The van der Waals surface area contributed by atoms with Gasteiger partial charge in [-0.25, -0.2) is 9.97 Å². The molecule has 330 valence electrons. The van der Waals surface area contributed by atoms with E-state index in [1.807, 2.05) is 11.8 Å². The van der Waals surface area contributed by atoms with E-state index in [2.05, 4.69) is 30.4 Å². The third kappa shape index (κ3) is 10.6. The Balaban J connectivity index is 0.000000204. The minimum atomic E-state index is -4.73. The molecule has 2 N–H and O–H groups in total. The van der Waals surface area contributed by atoms with Crippen LogP contribution >= 0.6 is 34.4 Å². The van der Waals surface area contributed by atoms with Crippen LogP contribution in [-0.2, 0) is 49.6 Å². The summed E-state index contributed by atoms with van der Waals surface area (Å²) in [6.45, 7) is 2.04. The summed E-state index contributed by atoms with van der Waals surface area (Å²) in [5.41, 5.74) is -0.893. The number of halogens is 5. The molecule has 0 saturated carbocycles. The molecule has 2 aliphatic rings.